The number of nitro groups is 1. The molecule has 1 aromatic carbocycles. The van der Waals surface area contributed by atoms with Crippen LogP contribution in [0.15, 0.2) is 12.1 Å². The summed E-state index contributed by atoms with van der Waals surface area (Å²) in [6, 6.07) is 3.99. The molecular weight excluding hydrogens is 240 g/mol. The molecule has 0 amide bonds. The lowest BCUT2D eigenvalue weighted by Gasteiger charge is -2.19. The van der Waals surface area contributed by atoms with Crippen molar-refractivity contribution in [2.45, 2.75) is 53.0 Å². The van der Waals surface area contributed by atoms with Crippen molar-refractivity contribution in [1.82, 2.24) is 0 Å². The third-order valence-corrected chi connectivity index (χ3v) is 4.07. The van der Waals surface area contributed by atoms with Gasteiger partial charge in [0.1, 0.15) is 0 Å². The van der Waals surface area contributed by atoms with E-state index in [1.807, 2.05) is 13.0 Å². The summed E-state index contributed by atoms with van der Waals surface area (Å²) in [5.41, 5.74) is 3.28. The average Bonchev–Trinajstić information content (AvgIpc) is 2.61. The van der Waals surface area contributed by atoms with E-state index in [1.54, 1.807) is 13.0 Å². The third kappa shape index (κ3) is 3.06. The van der Waals surface area contributed by atoms with Gasteiger partial charge in [0.05, 0.1) is 4.92 Å². The molecule has 0 aliphatic heterocycles. The second kappa shape index (κ2) is 4.83. The summed E-state index contributed by atoms with van der Waals surface area (Å²) in [6.45, 7) is 8.34. The average molecular weight is 262 g/mol. The van der Waals surface area contributed by atoms with Gasteiger partial charge < -0.3 is 5.32 Å². The van der Waals surface area contributed by atoms with E-state index < -0.39 is 0 Å². The molecule has 1 aromatic rings. The van der Waals surface area contributed by atoms with Crippen LogP contribution in [0.2, 0.25) is 0 Å². The van der Waals surface area contributed by atoms with Crippen molar-refractivity contribution in [3.8, 4) is 0 Å². The minimum Gasteiger partial charge on any atom is -0.382 e. The summed E-state index contributed by atoms with van der Waals surface area (Å²) >= 11 is 0. The zero-order valence-electron chi connectivity index (χ0n) is 12.1. The molecule has 0 radical (unpaired) electrons. The van der Waals surface area contributed by atoms with Crippen LogP contribution >= 0.6 is 0 Å². The van der Waals surface area contributed by atoms with Crippen molar-refractivity contribution in [3.63, 3.8) is 0 Å². The first-order valence-corrected chi connectivity index (χ1v) is 6.81. The van der Waals surface area contributed by atoms with E-state index >= 15 is 0 Å². The molecule has 104 valence electrons. The molecule has 2 rings (SSSR count). The maximum Gasteiger partial charge on any atom is 0.274 e. The van der Waals surface area contributed by atoms with Crippen LogP contribution in [0.1, 0.15) is 44.2 Å². The topological polar surface area (TPSA) is 55.2 Å². The Labute approximate surface area is 114 Å². The molecular formula is C15H22N2O2. The maximum absolute atomic E-state index is 11.0. The first kappa shape index (κ1) is 13.8. The number of nitrogens with one attached hydrogen (secondary N) is 1. The molecule has 1 fully saturated rings. The first-order chi connectivity index (χ1) is 8.78. The van der Waals surface area contributed by atoms with E-state index in [4.69, 9.17) is 0 Å². The number of nitrogens with zero attached hydrogens (tertiary/aromatic N) is 1. The monoisotopic (exact) mass is 262 g/mol. The lowest BCUT2D eigenvalue weighted by molar-refractivity contribution is -0.385. The molecule has 4 heteroatoms. The Balaban J connectivity index is 2.21. The zero-order valence-corrected chi connectivity index (χ0v) is 12.1. The summed E-state index contributed by atoms with van der Waals surface area (Å²) < 4.78 is 0. The number of aryl methyl sites for hydroxylation is 2. The number of hydrogen-bond acceptors (Lipinski definition) is 3. The van der Waals surface area contributed by atoms with E-state index in [-0.39, 0.29) is 10.6 Å². The molecule has 1 aliphatic carbocycles. The Bertz CT molecular complexity index is 509. The van der Waals surface area contributed by atoms with Gasteiger partial charge in [-0.05, 0) is 50.2 Å². The molecule has 4 nitrogen and oxygen atoms in total. The molecule has 0 aromatic heterocycles. The van der Waals surface area contributed by atoms with Gasteiger partial charge in [0.2, 0.25) is 0 Å². The van der Waals surface area contributed by atoms with Crippen molar-refractivity contribution in [2.75, 3.05) is 5.32 Å². The molecule has 0 bridgehead atoms. The van der Waals surface area contributed by atoms with E-state index in [0.717, 1.165) is 29.7 Å². The van der Waals surface area contributed by atoms with E-state index in [2.05, 4.69) is 19.2 Å². The number of hydrogen-bond donors (Lipinski definition) is 1. The summed E-state index contributed by atoms with van der Waals surface area (Å²) in [5.74, 6) is 0. The quantitative estimate of drug-likeness (QED) is 0.656. The van der Waals surface area contributed by atoms with E-state index in [9.17, 15) is 10.1 Å². The van der Waals surface area contributed by atoms with Gasteiger partial charge in [0, 0.05) is 23.4 Å². The highest BCUT2D eigenvalue weighted by Gasteiger charge is 2.31. The van der Waals surface area contributed by atoms with Gasteiger partial charge in [0.25, 0.3) is 5.69 Å². The summed E-state index contributed by atoms with van der Waals surface area (Å²) in [4.78, 5) is 10.7. The van der Waals surface area contributed by atoms with Crippen LogP contribution in [0.4, 0.5) is 11.4 Å². The van der Waals surface area contributed by atoms with Crippen molar-refractivity contribution in [1.29, 1.82) is 0 Å². The minimum absolute atomic E-state index is 0.199. The van der Waals surface area contributed by atoms with Crippen molar-refractivity contribution in [3.05, 3.63) is 33.4 Å². The van der Waals surface area contributed by atoms with Gasteiger partial charge in [-0.2, -0.15) is 0 Å². The molecule has 0 saturated heterocycles. The van der Waals surface area contributed by atoms with Gasteiger partial charge in [-0.3, -0.25) is 10.1 Å². The molecule has 1 atom stereocenters. The lowest BCUT2D eigenvalue weighted by Crippen LogP contribution is -2.18. The lowest BCUT2D eigenvalue weighted by atomic mass is 9.92. The second-order valence-electron chi connectivity index (χ2n) is 6.46. The Morgan fingerprint density at radius 3 is 2.53 bits per heavy atom. The molecule has 19 heavy (non-hydrogen) atoms. The van der Waals surface area contributed by atoms with E-state index in [1.165, 1.54) is 6.42 Å². The van der Waals surface area contributed by atoms with Crippen molar-refractivity contribution >= 4 is 11.4 Å². The van der Waals surface area contributed by atoms with Crippen LogP contribution in [0.5, 0.6) is 0 Å². The summed E-state index contributed by atoms with van der Waals surface area (Å²) in [5, 5.41) is 14.5. The fourth-order valence-corrected chi connectivity index (χ4v) is 2.97. The van der Waals surface area contributed by atoms with Gasteiger partial charge in [-0.15, -0.1) is 0 Å². The van der Waals surface area contributed by atoms with Crippen LogP contribution < -0.4 is 5.32 Å². The van der Waals surface area contributed by atoms with Crippen LogP contribution in [-0.2, 0) is 0 Å². The highest BCUT2D eigenvalue weighted by atomic mass is 16.6. The zero-order chi connectivity index (χ0) is 14.2. The Morgan fingerprint density at radius 2 is 2.00 bits per heavy atom. The number of rotatable bonds is 3. The van der Waals surface area contributed by atoms with Crippen LogP contribution in [0.25, 0.3) is 0 Å². The normalized spacial score (nSPS) is 21.4. The van der Waals surface area contributed by atoms with Gasteiger partial charge in [0.15, 0.2) is 0 Å². The number of anilines is 1. The highest BCUT2D eigenvalue weighted by Crippen LogP contribution is 2.39. The Hall–Kier alpha value is -1.58. The predicted molar refractivity (Wildman–Crippen MR) is 77.6 cm³/mol. The second-order valence-corrected chi connectivity index (χ2v) is 6.46. The standard InChI is InChI=1S/C15H22N2O2/c1-10-7-11(2)14(17(18)19)8-13(10)16-12-5-6-15(3,4)9-12/h7-8,12,16H,5-6,9H2,1-4H3. The van der Waals surface area contributed by atoms with Crippen LogP contribution in [0.3, 0.4) is 0 Å². The Morgan fingerprint density at radius 1 is 1.32 bits per heavy atom. The largest absolute Gasteiger partial charge is 0.382 e. The summed E-state index contributed by atoms with van der Waals surface area (Å²) in [6.07, 6.45) is 3.46. The molecule has 0 heterocycles. The summed E-state index contributed by atoms with van der Waals surface area (Å²) in [7, 11) is 0. The Kier molecular flexibility index (Phi) is 3.52. The number of nitro benzene ring substituents is 1. The first-order valence-electron chi connectivity index (χ1n) is 6.81. The molecule has 1 aliphatic rings. The number of benzene rings is 1. The van der Waals surface area contributed by atoms with Crippen molar-refractivity contribution in [2.24, 2.45) is 5.41 Å². The minimum atomic E-state index is -0.307. The fourth-order valence-electron chi connectivity index (χ4n) is 2.97. The smallest absolute Gasteiger partial charge is 0.274 e. The van der Waals surface area contributed by atoms with Gasteiger partial charge >= 0.3 is 0 Å². The van der Waals surface area contributed by atoms with Gasteiger partial charge in [-0.1, -0.05) is 13.8 Å². The molecule has 1 saturated carbocycles. The molecule has 0 spiro atoms. The van der Waals surface area contributed by atoms with E-state index in [0.29, 0.717) is 11.5 Å². The highest BCUT2D eigenvalue weighted by molar-refractivity contribution is 5.60. The predicted octanol–water partition coefficient (Wildman–Crippen LogP) is 4.20. The van der Waals surface area contributed by atoms with Crippen LogP contribution in [-0.4, -0.2) is 11.0 Å². The fraction of sp³-hybridized carbons (Fsp3) is 0.600. The van der Waals surface area contributed by atoms with Gasteiger partial charge in [-0.25, -0.2) is 0 Å². The van der Waals surface area contributed by atoms with Crippen LogP contribution in [0, 0.1) is 29.4 Å². The SMILES string of the molecule is Cc1cc(C)c([N+](=O)[O-])cc1NC1CCC(C)(C)C1. The third-order valence-electron chi connectivity index (χ3n) is 4.07. The molecule has 1 unspecified atom stereocenters. The molecule has 1 N–H and O–H groups in total. The van der Waals surface area contributed by atoms with Crippen molar-refractivity contribution < 1.29 is 4.92 Å². The maximum atomic E-state index is 11.0.